The Kier molecular flexibility index (Phi) is 5.84. The molecule has 8 heteroatoms. The number of hydrogen-bond acceptors (Lipinski definition) is 4. The van der Waals surface area contributed by atoms with E-state index in [0.29, 0.717) is 17.0 Å². The van der Waals surface area contributed by atoms with Gasteiger partial charge < -0.3 is 10.2 Å². The van der Waals surface area contributed by atoms with E-state index in [1.807, 2.05) is 6.92 Å². The summed E-state index contributed by atoms with van der Waals surface area (Å²) in [5, 5.41) is 2.95. The van der Waals surface area contributed by atoms with Gasteiger partial charge >= 0.3 is 6.18 Å². The van der Waals surface area contributed by atoms with Crippen LogP contribution >= 0.6 is 15.9 Å². The average molecular weight is 341 g/mol. The van der Waals surface area contributed by atoms with Gasteiger partial charge in [-0.2, -0.15) is 18.2 Å². The van der Waals surface area contributed by atoms with E-state index in [1.54, 1.807) is 6.92 Å². The molecule has 0 unspecified atom stereocenters. The number of rotatable bonds is 6. The van der Waals surface area contributed by atoms with Gasteiger partial charge in [0.15, 0.2) is 0 Å². The first-order valence-corrected chi connectivity index (χ1v) is 6.74. The average Bonchev–Trinajstić information content (AvgIpc) is 2.34. The lowest BCUT2D eigenvalue weighted by atomic mass is 10.4. The smallest absolute Gasteiger partial charge is 0.354 e. The van der Waals surface area contributed by atoms with E-state index in [-0.39, 0.29) is 12.4 Å². The standard InChI is InChI=1S/C11H16BrF3N4/c1-3-5-16-10-17-6-8(12)9(18-10)19(4-2)7-11(13,14)15/h6H,3-5,7H2,1-2H3,(H,16,17,18). The molecular formula is C11H16BrF3N4. The maximum Gasteiger partial charge on any atom is 0.405 e. The van der Waals surface area contributed by atoms with Crippen LogP contribution in [0.15, 0.2) is 10.7 Å². The maximum absolute atomic E-state index is 12.5. The second-order valence-electron chi connectivity index (χ2n) is 3.92. The van der Waals surface area contributed by atoms with Gasteiger partial charge in [-0.15, -0.1) is 0 Å². The molecule has 0 radical (unpaired) electrons. The van der Waals surface area contributed by atoms with Crippen molar-refractivity contribution < 1.29 is 13.2 Å². The fourth-order valence-electron chi connectivity index (χ4n) is 1.45. The molecule has 0 bridgehead atoms. The Morgan fingerprint density at radius 2 is 2.05 bits per heavy atom. The topological polar surface area (TPSA) is 41.1 Å². The summed E-state index contributed by atoms with van der Waals surface area (Å²) in [6.07, 6.45) is -1.93. The summed E-state index contributed by atoms with van der Waals surface area (Å²) >= 11 is 3.19. The zero-order valence-corrected chi connectivity index (χ0v) is 12.3. The largest absolute Gasteiger partial charge is 0.405 e. The summed E-state index contributed by atoms with van der Waals surface area (Å²) in [4.78, 5) is 9.29. The predicted molar refractivity (Wildman–Crippen MR) is 72.5 cm³/mol. The number of aromatic nitrogens is 2. The quantitative estimate of drug-likeness (QED) is 0.861. The van der Waals surface area contributed by atoms with E-state index < -0.39 is 12.7 Å². The summed E-state index contributed by atoms with van der Waals surface area (Å²) in [6.45, 7) is 3.48. The van der Waals surface area contributed by atoms with Crippen molar-refractivity contribution in [2.45, 2.75) is 26.4 Å². The van der Waals surface area contributed by atoms with E-state index in [9.17, 15) is 13.2 Å². The molecule has 0 spiro atoms. The Morgan fingerprint density at radius 1 is 1.37 bits per heavy atom. The summed E-state index contributed by atoms with van der Waals surface area (Å²) < 4.78 is 37.9. The number of halogens is 4. The molecule has 0 fully saturated rings. The molecule has 0 atom stereocenters. The van der Waals surface area contributed by atoms with Crippen molar-refractivity contribution in [3.63, 3.8) is 0 Å². The molecule has 4 nitrogen and oxygen atoms in total. The first kappa shape index (κ1) is 16.0. The number of nitrogens with zero attached hydrogens (tertiary/aromatic N) is 3. The SMILES string of the molecule is CCCNc1ncc(Br)c(N(CC)CC(F)(F)F)n1. The molecule has 1 aromatic rings. The van der Waals surface area contributed by atoms with E-state index in [1.165, 1.54) is 6.20 Å². The number of alkyl halides is 3. The van der Waals surface area contributed by atoms with Crippen LogP contribution in [-0.4, -0.2) is 35.8 Å². The predicted octanol–water partition coefficient (Wildman–Crippen LogP) is 3.45. The highest BCUT2D eigenvalue weighted by Gasteiger charge is 2.31. The van der Waals surface area contributed by atoms with Crippen molar-refractivity contribution >= 4 is 27.7 Å². The van der Waals surface area contributed by atoms with Crippen LogP contribution in [0.1, 0.15) is 20.3 Å². The fourth-order valence-corrected chi connectivity index (χ4v) is 1.90. The van der Waals surface area contributed by atoms with Gasteiger partial charge in [0.2, 0.25) is 5.95 Å². The van der Waals surface area contributed by atoms with Crippen molar-refractivity contribution in [3.05, 3.63) is 10.7 Å². The Labute approximate surface area is 118 Å². The molecule has 1 heterocycles. The van der Waals surface area contributed by atoms with Crippen LogP contribution in [0.2, 0.25) is 0 Å². The summed E-state index contributed by atoms with van der Waals surface area (Å²) in [5.74, 6) is 0.578. The third-order valence-electron chi connectivity index (χ3n) is 2.31. The van der Waals surface area contributed by atoms with Crippen LogP contribution in [0.3, 0.4) is 0 Å². The minimum absolute atomic E-state index is 0.211. The lowest BCUT2D eigenvalue weighted by Crippen LogP contribution is -2.35. The number of anilines is 2. The zero-order chi connectivity index (χ0) is 14.5. The highest BCUT2D eigenvalue weighted by Crippen LogP contribution is 2.27. The molecule has 0 aliphatic rings. The molecule has 0 amide bonds. The van der Waals surface area contributed by atoms with Gasteiger partial charge in [-0.05, 0) is 29.3 Å². The fraction of sp³-hybridized carbons (Fsp3) is 0.636. The third-order valence-corrected chi connectivity index (χ3v) is 2.87. The molecular weight excluding hydrogens is 325 g/mol. The molecule has 1 N–H and O–H groups in total. The second kappa shape index (κ2) is 6.93. The lowest BCUT2D eigenvalue weighted by Gasteiger charge is -2.24. The summed E-state index contributed by atoms with van der Waals surface area (Å²) in [7, 11) is 0. The highest BCUT2D eigenvalue weighted by molar-refractivity contribution is 9.10. The van der Waals surface area contributed by atoms with Crippen molar-refractivity contribution in [2.24, 2.45) is 0 Å². The van der Waals surface area contributed by atoms with Crippen LogP contribution in [0.4, 0.5) is 24.9 Å². The van der Waals surface area contributed by atoms with Crippen molar-refractivity contribution in [3.8, 4) is 0 Å². The molecule has 19 heavy (non-hydrogen) atoms. The monoisotopic (exact) mass is 340 g/mol. The highest BCUT2D eigenvalue weighted by atomic mass is 79.9. The van der Waals surface area contributed by atoms with Crippen molar-refractivity contribution in [2.75, 3.05) is 29.9 Å². The molecule has 0 aliphatic carbocycles. The first-order valence-electron chi connectivity index (χ1n) is 5.95. The molecule has 0 aliphatic heterocycles. The van der Waals surface area contributed by atoms with E-state index in [4.69, 9.17) is 0 Å². The van der Waals surface area contributed by atoms with Crippen LogP contribution < -0.4 is 10.2 Å². The van der Waals surface area contributed by atoms with Gasteiger partial charge in [0.05, 0.1) is 4.47 Å². The molecule has 0 aromatic carbocycles. The van der Waals surface area contributed by atoms with Crippen molar-refractivity contribution in [1.29, 1.82) is 0 Å². The van der Waals surface area contributed by atoms with Crippen LogP contribution in [0.25, 0.3) is 0 Å². The van der Waals surface area contributed by atoms with E-state index >= 15 is 0 Å². The second-order valence-corrected chi connectivity index (χ2v) is 4.78. The Bertz CT molecular complexity index is 411. The van der Waals surface area contributed by atoms with Gasteiger partial charge in [-0.1, -0.05) is 6.92 Å². The van der Waals surface area contributed by atoms with Crippen LogP contribution in [0.5, 0.6) is 0 Å². The molecule has 0 saturated carbocycles. The Morgan fingerprint density at radius 3 is 2.58 bits per heavy atom. The van der Waals surface area contributed by atoms with Crippen LogP contribution in [0, 0.1) is 0 Å². The van der Waals surface area contributed by atoms with Gasteiger partial charge in [0, 0.05) is 19.3 Å². The Balaban J connectivity index is 2.95. The molecule has 0 saturated heterocycles. The minimum atomic E-state index is -4.27. The minimum Gasteiger partial charge on any atom is -0.354 e. The van der Waals surface area contributed by atoms with Gasteiger partial charge in [0.25, 0.3) is 0 Å². The maximum atomic E-state index is 12.5. The lowest BCUT2D eigenvalue weighted by molar-refractivity contribution is -0.119. The molecule has 108 valence electrons. The van der Waals surface area contributed by atoms with Gasteiger partial charge in [-0.25, -0.2) is 4.98 Å². The number of hydrogen-bond donors (Lipinski definition) is 1. The van der Waals surface area contributed by atoms with Gasteiger partial charge in [-0.3, -0.25) is 0 Å². The van der Waals surface area contributed by atoms with Crippen molar-refractivity contribution in [1.82, 2.24) is 9.97 Å². The zero-order valence-electron chi connectivity index (χ0n) is 10.8. The first-order chi connectivity index (χ1) is 8.87. The summed E-state index contributed by atoms with van der Waals surface area (Å²) in [6, 6.07) is 0. The van der Waals surface area contributed by atoms with E-state index in [0.717, 1.165) is 11.3 Å². The normalized spacial score (nSPS) is 11.5. The molecule has 1 rings (SSSR count). The number of nitrogens with one attached hydrogen (secondary N) is 1. The Hall–Kier alpha value is -1.05. The van der Waals surface area contributed by atoms with Crippen LogP contribution in [-0.2, 0) is 0 Å². The summed E-state index contributed by atoms with van der Waals surface area (Å²) in [5.41, 5.74) is 0. The third kappa shape index (κ3) is 5.22. The van der Waals surface area contributed by atoms with E-state index in [2.05, 4.69) is 31.2 Å². The van der Waals surface area contributed by atoms with Gasteiger partial charge in [0.1, 0.15) is 12.4 Å². The molecule has 1 aromatic heterocycles.